The molecule has 0 saturated carbocycles. The van der Waals surface area contributed by atoms with E-state index < -0.39 is 29.2 Å². The van der Waals surface area contributed by atoms with Crippen LogP contribution in [0.5, 0.6) is 0 Å². The number of hydrogen-bond donors (Lipinski definition) is 3. The lowest BCUT2D eigenvalue weighted by atomic mass is 10.0. The zero-order valence-electron chi connectivity index (χ0n) is 17.4. The average molecular weight is 520 g/mol. The summed E-state index contributed by atoms with van der Waals surface area (Å²) in [5, 5.41) is 17.3. The van der Waals surface area contributed by atoms with E-state index in [1.807, 2.05) is 6.07 Å². The van der Waals surface area contributed by atoms with Gasteiger partial charge in [0, 0.05) is 34.6 Å². The Labute approximate surface area is 205 Å². The van der Waals surface area contributed by atoms with Crippen molar-refractivity contribution in [2.75, 3.05) is 18.6 Å². The Morgan fingerprint density at radius 2 is 2.29 bits per heavy atom. The van der Waals surface area contributed by atoms with Crippen molar-refractivity contribution in [3.8, 4) is 0 Å². The zero-order chi connectivity index (χ0) is 24.2. The van der Waals surface area contributed by atoms with E-state index in [2.05, 4.69) is 24.8 Å². The molecule has 4 N–H and O–H groups in total. The Morgan fingerprint density at radius 1 is 1.47 bits per heavy atom. The lowest BCUT2D eigenvalue weighted by Gasteiger charge is -2.49. The van der Waals surface area contributed by atoms with Crippen LogP contribution in [0.1, 0.15) is 11.4 Å². The number of nitrogens with zero attached hydrogens (tertiary/aromatic N) is 5. The highest BCUT2D eigenvalue weighted by Gasteiger charge is 2.54. The lowest BCUT2D eigenvalue weighted by Crippen LogP contribution is -2.71. The van der Waals surface area contributed by atoms with Gasteiger partial charge in [-0.15, -0.1) is 11.8 Å². The second kappa shape index (κ2) is 10.2. The number of nitrogen functional groups attached to an aromatic ring is 1. The van der Waals surface area contributed by atoms with Crippen LogP contribution in [-0.4, -0.2) is 72.1 Å². The number of anilines is 1. The Morgan fingerprint density at radius 3 is 2.94 bits per heavy atom. The van der Waals surface area contributed by atoms with Gasteiger partial charge < -0.3 is 21.0 Å². The molecule has 2 atom stereocenters. The number of carbonyl (C=O) groups excluding carboxylic acids is 2. The molecule has 15 heteroatoms. The van der Waals surface area contributed by atoms with Gasteiger partial charge in [-0.25, -0.2) is 4.79 Å². The number of carboxylic acid groups (broad SMARTS) is 1. The van der Waals surface area contributed by atoms with Crippen molar-refractivity contribution in [1.82, 2.24) is 24.6 Å². The number of β-lactam (4-membered cyclic amide) rings is 1. The van der Waals surface area contributed by atoms with E-state index in [0.29, 0.717) is 10.7 Å². The summed E-state index contributed by atoms with van der Waals surface area (Å²) in [4.78, 5) is 51.9. The first-order valence-electron chi connectivity index (χ1n) is 9.56. The molecule has 2 aliphatic rings. The first-order valence-corrected chi connectivity index (χ1v) is 12.3. The van der Waals surface area contributed by atoms with Gasteiger partial charge >= 0.3 is 5.97 Å². The predicted octanol–water partition coefficient (Wildman–Crippen LogP) is 0.966. The summed E-state index contributed by atoms with van der Waals surface area (Å²) in [6.45, 7) is 0. The molecule has 176 valence electrons. The number of carboxylic acids is 1. The van der Waals surface area contributed by atoms with E-state index in [0.717, 1.165) is 17.1 Å². The number of nitrogens with two attached hydrogens (primary N) is 1. The van der Waals surface area contributed by atoms with Crippen LogP contribution in [0.3, 0.4) is 0 Å². The van der Waals surface area contributed by atoms with Crippen LogP contribution in [0.2, 0.25) is 0 Å². The summed E-state index contributed by atoms with van der Waals surface area (Å²) in [7, 11) is 1.25. The zero-order valence-corrected chi connectivity index (χ0v) is 19.9. The van der Waals surface area contributed by atoms with Crippen LogP contribution in [0, 0.1) is 0 Å². The number of hydrogen-bond acceptors (Lipinski definition) is 12. The van der Waals surface area contributed by atoms with Gasteiger partial charge in [-0.2, -0.15) is 9.36 Å². The third kappa shape index (κ3) is 4.76. The van der Waals surface area contributed by atoms with Gasteiger partial charge in [-0.1, -0.05) is 23.0 Å². The number of fused-ring (bicyclic) bond motifs is 1. The van der Waals surface area contributed by atoms with E-state index in [9.17, 15) is 19.5 Å². The molecule has 1 saturated heterocycles. The molecule has 34 heavy (non-hydrogen) atoms. The molecule has 2 amide bonds. The molecule has 0 aromatic carbocycles. The van der Waals surface area contributed by atoms with Crippen molar-refractivity contribution >= 4 is 69.8 Å². The number of oxime groups is 1. The van der Waals surface area contributed by atoms with Gasteiger partial charge in [-0.3, -0.25) is 19.5 Å². The molecule has 0 bridgehead atoms. The van der Waals surface area contributed by atoms with Crippen LogP contribution in [-0.2, 0) is 19.2 Å². The smallest absolute Gasteiger partial charge is 0.353 e. The number of pyridine rings is 1. The number of aliphatic carboxylic acids is 1. The molecule has 1 fully saturated rings. The van der Waals surface area contributed by atoms with Gasteiger partial charge in [0.2, 0.25) is 11.5 Å². The van der Waals surface area contributed by atoms with Gasteiger partial charge in [-0.05, 0) is 23.1 Å². The quantitative estimate of drug-likeness (QED) is 0.258. The van der Waals surface area contributed by atoms with Gasteiger partial charge in [0.25, 0.3) is 11.8 Å². The van der Waals surface area contributed by atoms with Crippen LogP contribution in [0.25, 0.3) is 6.08 Å². The summed E-state index contributed by atoms with van der Waals surface area (Å²) in [6, 6.07) is 2.72. The lowest BCUT2D eigenvalue weighted by molar-refractivity contribution is -0.150. The van der Waals surface area contributed by atoms with Crippen molar-refractivity contribution in [3.63, 3.8) is 0 Å². The highest BCUT2D eigenvalue weighted by molar-refractivity contribution is 8.08. The molecule has 0 spiro atoms. The minimum atomic E-state index is -1.22. The SMILES string of the molecule is CON=C(C(=O)NC1C(=O)N2C(C(=O)O)=C(SC=Cc3cccnc3)CS[C@@H]12)c1nsc(N)n1. The second-order valence-corrected chi connectivity index (χ2v) is 9.61. The molecular weight excluding hydrogens is 502 g/mol. The minimum absolute atomic E-state index is 0.0352. The van der Waals surface area contributed by atoms with Gasteiger partial charge in [0.1, 0.15) is 24.2 Å². The number of amides is 2. The fraction of sp³-hybridized carbons (Fsp3) is 0.211. The number of thioether (sulfide) groups is 2. The van der Waals surface area contributed by atoms with E-state index in [1.54, 1.807) is 29.9 Å². The second-order valence-electron chi connectivity index (χ2n) is 6.72. The first kappa shape index (κ1) is 23.7. The maximum absolute atomic E-state index is 12.9. The average Bonchev–Trinajstić information content (AvgIpc) is 3.26. The van der Waals surface area contributed by atoms with Crippen LogP contribution in [0.4, 0.5) is 5.13 Å². The third-order valence-corrected chi connectivity index (χ3v) is 7.53. The third-order valence-electron chi connectivity index (χ3n) is 4.63. The molecular formula is C19H17N7O5S3. The largest absolute Gasteiger partial charge is 0.477 e. The maximum Gasteiger partial charge on any atom is 0.353 e. The molecule has 2 aliphatic heterocycles. The highest BCUT2D eigenvalue weighted by atomic mass is 32.2. The van der Waals surface area contributed by atoms with E-state index in [1.165, 1.54) is 35.5 Å². The van der Waals surface area contributed by atoms with E-state index in [-0.39, 0.29) is 22.4 Å². The Bertz CT molecular complexity index is 1210. The predicted molar refractivity (Wildman–Crippen MR) is 128 cm³/mol. The van der Waals surface area contributed by atoms with Crippen molar-refractivity contribution in [2.24, 2.45) is 5.16 Å². The van der Waals surface area contributed by atoms with E-state index >= 15 is 0 Å². The van der Waals surface area contributed by atoms with E-state index in [4.69, 9.17) is 10.6 Å². The summed E-state index contributed by atoms with van der Waals surface area (Å²) in [5.41, 5.74) is 6.09. The molecule has 2 aromatic rings. The minimum Gasteiger partial charge on any atom is -0.477 e. The molecule has 0 aliphatic carbocycles. The normalized spacial score (nSPS) is 20.2. The summed E-state index contributed by atoms with van der Waals surface area (Å²) in [6.07, 6.45) is 5.14. The van der Waals surface area contributed by atoms with Crippen molar-refractivity contribution < 1.29 is 24.3 Å². The highest BCUT2D eigenvalue weighted by Crippen LogP contribution is 2.43. The Hall–Kier alpha value is -3.43. The number of rotatable bonds is 8. The van der Waals surface area contributed by atoms with Crippen LogP contribution >= 0.6 is 35.1 Å². The topological polar surface area (TPSA) is 173 Å². The Kier molecular flexibility index (Phi) is 7.14. The summed E-state index contributed by atoms with van der Waals surface area (Å²) < 4.78 is 3.94. The molecule has 0 radical (unpaired) electrons. The van der Waals surface area contributed by atoms with Gasteiger partial charge in [0.05, 0.1) is 0 Å². The van der Waals surface area contributed by atoms with Crippen LogP contribution in [0.15, 0.2) is 45.7 Å². The molecule has 4 heterocycles. The molecule has 4 rings (SSSR count). The maximum atomic E-state index is 12.9. The first-order chi connectivity index (χ1) is 16.4. The van der Waals surface area contributed by atoms with Crippen molar-refractivity contribution in [2.45, 2.75) is 11.4 Å². The standard InChI is InChI=1S/C19H17N7O5S3/c1-31-24-11(14-23-19(20)34-25-14)15(27)22-12-16(28)26-13(18(29)30)10(8-33-17(12)26)32-6-4-9-3-2-5-21-7-9/h2-7,12,17H,8H2,1H3,(H,22,27)(H,29,30)(H2,20,23,25)/t12?,17-/m0/s1. The fourth-order valence-electron chi connectivity index (χ4n) is 3.17. The molecule has 2 aromatic heterocycles. The summed E-state index contributed by atoms with van der Waals surface area (Å²) in [5.74, 6) is -2.18. The number of carbonyl (C=O) groups is 3. The fourth-order valence-corrected chi connectivity index (χ4v) is 5.96. The van der Waals surface area contributed by atoms with Crippen molar-refractivity contribution in [3.05, 3.63) is 51.9 Å². The van der Waals surface area contributed by atoms with Crippen LogP contribution < -0.4 is 11.1 Å². The molecule has 1 unspecified atom stereocenters. The summed E-state index contributed by atoms with van der Waals surface area (Å²) >= 11 is 3.45. The number of nitrogens with one attached hydrogen (secondary N) is 1. The Balaban J connectivity index is 1.48. The monoisotopic (exact) mass is 519 g/mol. The molecule has 12 nitrogen and oxygen atoms in total. The number of aromatic nitrogens is 3. The van der Waals surface area contributed by atoms with Gasteiger partial charge in [0.15, 0.2) is 5.13 Å². The van der Waals surface area contributed by atoms with Crippen molar-refractivity contribution in [1.29, 1.82) is 0 Å².